The SMILES string of the molecule is C=C/C=C\N=C(/C)C(=C)CCC(=C)C(=C)/C=C\C1=C(C)CC(F)(F)C(F)(F)C1. The molecule has 1 aliphatic carbocycles. The molecule has 1 rings (SSSR count). The zero-order valence-electron chi connectivity index (χ0n) is 16.5. The second kappa shape index (κ2) is 9.67. The van der Waals surface area contributed by atoms with Crippen molar-refractivity contribution in [1.82, 2.24) is 0 Å². The maximum Gasteiger partial charge on any atom is 0.314 e. The van der Waals surface area contributed by atoms with Crippen molar-refractivity contribution in [1.29, 1.82) is 0 Å². The molecule has 0 saturated carbocycles. The van der Waals surface area contributed by atoms with Crippen LogP contribution in [0.4, 0.5) is 17.6 Å². The fraction of sp³-hybridized carbons (Fsp3) is 0.348. The van der Waals surface area contributed by atoms with E-state index in [0.29, 0.717) is 18.4 Å². The van der Waals surface area contributed by atoms with Crippen LogP contribution in [0.5, 0.6) is 0 Å². The second-order valence-corrected chi connectivity index (χ2v) is 6.93. The monoisotopic (exact) mass is 393 g/mol. The van der Waals surface area contributed by atoms with E-state index >= 15 is 0 Å². The molecule has 0 radical (unpaired) electrons. The van der Waals surface area contributed by atoms with Crippen molar-refractivity contribution in [2.24, 2.45) is 4.99 Å². The fourth-order valence-electron chi connectivity index (χ4n) is 2.57. The molecular formula is C23H27F4N. The van der Waals surface area contributed by atoms with Crippen LogP contribution in [0.1, 0.15) is 39.5 Å². The number of allylic oxidation sites excluding steroid dienone is 9. The molecule has 0 bridgehead atoms. The summed E-state index contributed by atoms with van der Waals surface area (Å²) in [5, 5.41) is 0. The van der Waals surface area contributed by atoms with Gasteiger partial charge in [0.05, 0.1) is 0 Å². The predicted octanol–water partition coefficient (Wildman–Crippen LogP) is 7.53. The van der Waals surface area contributed by atoms with Crippen LogP contribution in [0.15, 0.2) is 89.7 Å². The van der Waals surface area contributed by atoms with Gasteiger partial charge in [0, 0.05) is 24.8 Å². The van der Waals surface area contributed by atoms with Gasteiger partial charge in [0.15, 0.2) is 0 Å². The van der Waals surface area contributed by atoms with Crippen LogP contribution < -0.4 is 0 Å². The molecule has 0 aromatic heterocycles. The number of aliphatic imine (C=N–C) groups is 1. The largest absolute Gasteiger partial charge is 0.314 e. The minimum atomic E-state index is -4.04. The Morgan fingerprint density at radius 2 is 1.61 bits per heavy atom. The van der Waals surface area contributed by atoms with Crippen LogP contribution in [0.3, 0.4) is 0 Å². The molecule has 0 aromatic carbocycles. The third-order valence-electron chi connectivity index (χ3n) is 4.65. The Labute approximate surface area is 164 Å². The topological polar surface area (TPSA) is 12.4 Å². The second-order valence-electron chi connectivity index (χ2n) is 6.93. The summed E-state index contributed by atoms with van der Waals surface area (Å²) < 4.78 is 54.0. The van der Waals surface area contributed by atoms with Crippen molar-refractivity contribution >= 4 is 5.71 Å². The number of hydrogen-bond donors (Lipinski definition) is 0. The molecule has 152 valence electrons. The van der Waals surface area contributed by atoms with E-state index in [1.807, 2.05) is 6.92 Å². The quantitative estimate of drug-likeness (QED) is 0.218. The summed E-state index contributed by atoms with van der Waals surface area (Å²) in [5.74, 6) is -8.05. The van der Waals surface area contributed by atoms with Gasteiger partial charge in [-0.1, -0.05) is 50.1 Å². The molecule has 1 nitrogen and oxygen atoms in total. The summed E-state index contributed by atoms with van der Waals surface area (Å²) in [5.41, 5.74) is 3.40. The van der Waals surface area contributed by atoms with Gasteiger partial charge in [0.1, 0.15) is 0 Å². The van der Waals surface area contributed by atoms with Crippen molar-refractivity contribution in [3.05, 3.63) is 84.7 Å². The lowest BCUT2D eigenvalue weighted by atomic mass is 9.86. The van der Waals surface area contributed by atoms with Gasteiger partial charge in [-0.3, -0.25) is 4.99 Å². The van der Waals surface area contributed by atoms with Crippen LogP contribution in [0.25, 0.3) is 0 Å². The smallest absolute Gasteiger partial charge is 0.261 e. The number of alkyl halides is 4. The standard InChI is InChI=1S/C23H27F4N/c1-7-8-13-28-20(6)18(4)10-9-16(2)17(3)11-12-21-15-23(26,27)22(24,25)14-19(21)5/h7-8,11-13H,1-4,9-10,14-15H2,5-6H3/b12-11-,13-8-,28-20+. The van der Waals surface area contributed by atoms with Crippen molar-refractivity contribution in [2.75, 3.05) is 0 Å². The molecule has 28 heavy (non-hydrogen) atoms. The highest BCUT2D eigenvalue weighted by molar-refractivity contribution is 5.98. The molecule has 0 spiro atoms. The van der Waals surface area contributed by atoms with Crippen LogP contribution in [-0.2, 0) is 0 Å². The first-order chi connectivity index (χ1) is 12.9. The molecule has 0 amide bonds. The maximum absolute atomic E-state index is 13.6. The van der Waals surface area contributed by atoms with Crippen molar-refractivity contribution in [3.63, 3.8) is 0 Å². The Morgan fingerprint density at radius 3 is 2.21 bits per heavy atom. The summed E-state index contributed by atoms with van der Waals surface area (Å²) in [6, 6.07) is 0. The fourth-order valence-corrected chi connectivity index (χ4v) is 2.57. The Morgan fingerprint density at radius 1 is 1.04 bits per heavy atom. The van der Waals surface area contributed by atoms with Crippen molar-refractivity contribution in [2.45, 2.75) is 51.4 Å². The summed E-state index contributed by atoms with van der Waals surface area (Å²) in [7, 11) is 0. The molecule has 0 heterocycles. The lowest BCUT2D eigenvalue weighted by Crippen LogP contribution is -2.43. The summed E-state index contributed by atoms with van der Waals surface area (Å²) in [6.07, 6.45) is 7.23. The van der Waals surface area contributed by atoms with Gasteiger partial charge in [-0.2, -0.15) is 17.6 Å². The molecule has 5 heteroatoms. The highest BCUT2D eigenvalue weighted by Crippen LogP contribution is 2.47. The minimum absolute atomic E-state index is 0.214. The van der Waals surface area contributed by atoms with Gasteiger partial charge in [-0.25, -0.2) is 0 Å². The van der Waals surface area contributed by atoms with E-state index in [0.717, 1.165) is 16.9 Å². The molecule has 1 aliphatic rings. The molecule has 0 aliphatic heterocycles. The number of rotatable bonds is 9. The highest BCUT2D eigenvalue weighted by atomic mass is 19.3. The Kier molecular flexibility index (Phi) is 8.15. The first-order valence-corrected chi connectivity index (χ1v) is 8.91. The average molecular weight is 393 g/mol. The molecule has 0 unspecified atom stereocenters. The molecule has 0 atom stereocenters. The molecule has 0 fully saturated rings. The normalized spacial score (nSPS) is 19.3. The third-order valence-corrected chi connectivity index (χ3v) is 4.65. The first-order valence-electron chi connectivity index (χ1n) is 8.91. The molecular weight excluding hydrogens is 366 g/mol. The van der Waals surface area contributed by atoms with E-state index in [-0.39, 0.29) is 11.1 Å². The summed E-state index contributed by atoms with van der Waals surface area (Å²) in [6.45, 7) is 18.7. The number of hydrogen-bond acceptors (Lipinski definition) is 1. The van der Waals surface area contributed by atoms with E-state index in [4.69, 9.17) is 0 Å². The molecule has 0 N–H and O–H groups in total. The van der Waals surface area contributed by atoms with Gasteiger partial charge < -0.3 is 0 Å². The van der Waals surface area contributed by atoms with E-state index in [2.05, 4.69) is 31.3 Å². The maximum atomic E-state index is 13.6. The van der Waals surface area contributed by atoms with Gasteiger partial charge in [0.25, 0.3) is 0 Å². The van der Waals surface area contributed by atoms with E-state index < -0.39 is 24.7 Å². The van der Waals surface area contributed by atoms with E-state index in [1.54, 1.807) is 24.4 Å². The zero-order valence-corrected chi connectivity index (χ0v) is 16.5. The third kappa shape index (κ3) is 6.32. The molecule has 0 aromatic rings. The average Bonchev–Trinajstić information content (AvgIpc) is 2.60. The number of nitrogens with zero attached hydrogens (tertiary/aromatic N) is 1. The van der Waals surface area contributed by atoms with Crippen molar-refractivity contribution < 1.29 is 17.6 Å². The summed E-state index contributed by atoms with van der Waals surface area (Å²) in [4.78, 5) is 4.23. The van der Waals surface area contributed by atoms with Crippen LogP contribution >= 0.6 is 0 Å². The van der Waals surface area contributed by atoms with Crippen LogP contribution in [-0.4, -0.2) is 17.6 Å². The van der Waals surface area contributed by atoms with Gasteiger partial charge >= 0.3 is 11.8 Å². The first kappa shape index (κ1) is 23.6. The minimum Gasteiger partial charge on any atom is -0.261 e. The van der Waals surface area contributed by atoms with Gasteiger partial charge in [-0.15, -0.1) is 0 Å². The summed E-state index contributed by atoms with van der Waals surface area (Å²) >= 11 is 0. The lowest BCUT2D eigenvalue weighted by molar-refractivity contribution is -0.210. The van der Waals surface area contributed by atoms with Crippen LogP contribution in [0.2, 0.25) is 0 Å². The highest BCUT2D eigenvalue weighted by Gasteiger charge is 2.58. The van der Waals surface area contributed by atoms with Gasteiger partial charge in [0.2, 0.25) is 0 Å². The van der Waals surface area contributed by atoms with E-state index in [1.165, 1.54) is 13.0 Å². The Bertz CT molecular complexity index is 776. The van der Waals surface area contributed by atoms with Gasteiger partial charge in [-0.05, 0) is 55.1 Å². The number of halogens is 4. The zero-order chi connectivity index (χ0) is 21.5. The molecule has 0 saturated heterocycles. The Balaban J connectivity index is 2.69. The predicted molar refractivity (Wildman–Crippen MR) is 110 cm³/mol. The van der Waals surface area contributed by atoms with E-state index in [9.17, 15) is 17.6 Å². The lowest BCUT2D eigenvalue weighted by Gasteiger charge is -2.32. The Hall–Kier alpha value is -2.43. The van der Waals surface area contributed by atoms with Crippen molar-refractivity contribution in [3.8, 4) is 0 Å². The van der Waals surface area contributed by atoms with Crippen LogP contribution in [0, 0.1) is 0 Å².